The van der Waals surface area contributed by atoms with Crippen molar-refractivity contribution in [3.8, 4) is 0 Å². The fourth-order valence-corrected chi connectivity index (χ4v) is 6.24. The van der Waals surface area contributed by atoms with Gasteiger partial charge in [0.05, 0.1) is 11.0 Å². The van der Waals surface area contributed by atoms with Crippen LogP contribution in [-0.2, 0) is 9.84 Å². The molecule has 4 N–H and O–H groups in total. The average Bonchev–Trinajstić information content (AvgIpc) is 2.35. The van der Waals surface area contributed by atoms with Gasteiger partial charge in [-0.05, 0) is 44.7 Å². The summed E-state index contributed by atoms with van der Waals surface area (Å²) >= 11 is 0. The van der Waals surface area contributed by atoms with E-state index in [4.69, 9.17) is 11.5 Å². The van der Waals surface area contributed by atoms with Crippen LogP contribution in [0.1, 0.15) is 25.7 Å². The molecule has 4 fully saturated rings. The molecule has 0 aromatic heterocycles. The molecule has 6 heteroatoms. The van der Waals surface area contributed by atoms with Crippen molar-refractivity contribution in [3.05, 3.63) is 0 Å². The molecule has 0 radical (unpaired) electrons. The van der Waals surface area contributed by atoms with Gasteiger partial charge in [-0.3, -0.25) is 4.90 Å². The van der Waals surface area contributed by atoms with E-state index in [0.717, 1.165) is 25.9 Å². The van der Waals surface area contributed by atoms with E-state index in [2.05, 4.69) is 4.90 Å². The molecule has 2 bridgehead atoms. The van der Waals surface area contributed by atoms with Crippen LogP contribution in [0.2, 0.25) is 0 Å². The summed E-state index contributed by atoms with van der Waals surface area (Å²) in [5, 5.41) is -0.334. The average molecular weight is 273 g/mol. The summed E-state index contributed by atoms with van der Waals surface area (Å²) in [5.41, 5.74) is 12.3. The molecule has 4 heterocycles. The van der Waals surface area contributed by atoms with E-state index in [-0.39, 0.29) is 29.1 Å². The summed E-state index contributed by atoms with van der Waals surface area (Å²) in [5.74, 6) is 0.744. The van der Waals surface area contributed by atoms with Gasteiger partial charge in [-0.15, -0.1) is 0 Å². The van der Waals surface area contributed by atoms with Crippen LogP contribution in [0.5, 0.6) is 0 Å². The lowest BCUT2D eigenvalue weighted by molar-refractivity contribution is 0.0237. The highest BCUT2D eigenvalue weighted by Crippen LogP contribution is 2.37. The quantitative estimate of drug-likeness (QED) is 0.660. The number of piperidine rings is 3. The molecule has 0 aliphatic carbocycles. The summed E-state index contributed by atoms with van der Waals surface area (Å²) < 4.78 is 24.6. The molecular formula is C12H23N3O2S. The van der Waals surface area contributed by atoms with Crippen molar-refractivity contribution in [1.82, 2.24) is 4.90 Å². The van der Waals surface area contributed by atoms with E-state index in [1.165, 1.54) is 0 Å². The second kappa shape index (κ2) is 4.44. The number of rotatable bonds is 1. The van der Waals surface area contributed by atoms with Crippen molar-refractivity contribution >= 4 is 9.84 Å². The molecule has 4 unspecified atom stereocenters. The predicted octanol–water partition coefficient (Wildman–Crippen LogP) is -0.688. The Morgan fingerprint density at radius 1 is 1.06 bits per heavy atom. The lowest BCUT2D eigenvalue weighted by atomic mass is 9.77. The second-order valence-corrected chi connectivity index (χ2v) is 8.47. The van der Waals surface area contributed by atoms with Crippen molar-refractivity contribution in [2.24, 2.45) is 17.4 Å². The second-order valence-electron chi connectivity index (χ2n) is 6.13. The summed E-state index contributed by atoms with van der Waals surface area (Å²) in [7, 11) is -3.01. The van der Waals surface area contributed by atoms with Crippen molar-refractivity contribution < 1.29 is 8.42 Å². The molecular weight excluding hydrogens is 250 g/mol. The van der Waals surface area contributed by atoms with E-state index in [1.807, 2.05) is 0 Å². The zero-order valence-corrected chi connectivity index (χ0v) is 11.5. The Hall–Kier alpha value is -0.170. The number of fused-ring (bicyclic) bond motifs is 3. The third-order valence-corrected chi connectivity index (χ3v) is 7.28. The summed E-state index contributed by atoms with van der Waals surface area (Å²) in [6.45, 7) is 2.01. The van der Waals surface area contributed by atoms with Gasteiger partial charge in [0.25, 0.3) is 0 Å². The van der Waals surface area contributed by atoms with Gasteiger partial charge in [0.15, 0.2) is 9.84 Å². The molecule has 4 saturated heterocycles. The van der Waals surface area contributed by atoms with E-state index < -0.39 is 9.84 Å². The zero-order valence-electron chi connectivity index (χ0n) is 10.7. The SMILES string of the molecule is NC1CCS(=O)(=O)C(C2C(N)C3CCN2CC3)C1. The topological polar surface area (TPSA) is 89.4 Å². The Balaban J connectivity index is 1.88. The van der Waals surface area contributed by atoms with Crippen LogP contribution in [0.3, 0.4) is 0 Å². The van der Waals surface area contributed by atoms with E-state index in [9.17, 15) is 8.42 Å². The normalized spacial score (nSPS) is 51.2. The fourth-order valence-electron chi connectivity index (χ4n) is 3.99. The largest absolute Gasteiger partial charge is 0.328 e. The maximum absolute atomic E-state index is 12.3. The third kappa shape index (κ3) is 1.99. The van der Waals surface area contributed by atoms with Crippen LogP contribution in [0.25, 0.3) is 0 Å². The smallest absolute Gasteiger partial charge is 0.154 e. The van der Waals surface area contributed by atoms with Crippen LogP contribution < -0.4 is 11.5 Å². The van der Waals surface area contributed by atoms with E-state index in [0.29, 0.717) is 18.8 Å². The Morgan fingerprint density at radius 3 is 2.33 bits per heavy atom. The summed E-state index contributed by atoms with van der Waals surface area (Å²) in [4.78, 5) is 2.30. The molecule has 5 nitrogen and oxygen atoms in total. The van der Waals surface area contributed by atoms with Gasteiger partial charge in [0, 0.05) is 18.1 Å². The van der Waals surface area contributed by atoms with Crippen LogP contribution in [0, 0.1) is 5.92 Å². The summed E-state index contributed by atoms with van der Waals surface area (Å²) in [6.07, 6.45) is 3.43. The number of hydrogen-bond acceptors (Lipinski definition) is 5. The van der Waals surface area contributed by atoms with E-state index >= 15 is 0 Å². The van der Waals surface area contributed by atoms with Crippen molar-refractivity contribution in [2.45, 2.75) is 49.1 Å². The first-order valence-corrected chi connectivity index (χ1v) is 8.67. The Bertz CT molecular complexity index is 415. The van der Waals surface area contributed by atoms with Crippen LogP contribution in [0.4, 0.5) is 0 Å². The van der Waals surface area contributed by atoms with Gasteiger partial charge in [-0.25, -0.2) is 8.42 Å². The highest BCUT2D eigenvalue weighted by atomic mass is 32.2. The van der Waals surface area contributed by atoms with Crippen molar-refractivity contribution in [1.29, 1.82) is 0 Å². The molecule has 4 aliphatic rings. The Kier molecular flexibility index (Phi) is 3.17. The molecule has 4 atom stereocenters. The number of nitrogens with zero attached hydrogens (tertiary/aromatic N) is 1. The van der Waals surface area contributed by atoms with E-state index in [1.54, 1.807) is 0 Å². The van der Waals surface area contributed by atoms with Gasteiger partial charge < -0.3 is 11.5 Å². The number of sulfone groups is 1. The monoisotopic (exact) mass is 273 g/mol. The third-order valence-electron chi connectivity index (χ3n) is 5.08. The minimum atomic E-state index is -3.01. The molecule has 0 aromatic rings. The molecule has 104 valence electrons. The maximum Gasteiger partial charge on any atom is 0.154 e. The van der Waals surface area contributed by atoms with Crippen LogP contribution in [-0.4, -0.2) is 55.5 Å². The van der Waals surface area contributed by atoms with Gasteiger partial charge in [-0.2, -0.15) is 0 Å². The highest BCUT2D eigenvalue weighted by Gasteiger charge is 2.49. The van der Waals surface area contributed by atoms with Crippen molar-refractivity contribution in [3.63, 3.8) is 0 Å². The molecule has 4 rings (SSSR count). The lowest BCUT2D eigenvalue weighted by Crippen LogP contribution is -2.67. The van der Waals surface area contributed by atoms with Gasteiger partial charge in [-0.1, -0.05) is 0 Å². The standard InChI is InChI=1S/C12H23N3O2S/c13-9-3-6-18(16,17)10(7-9)12-11(14)8-1-4-15(12)5-2-8/h8-12H,1-7,13-14H2. The Morgan fingerprint density at radius 2 is 1.72 bits per heavy atom. The Labute approximate surface area is 109 Å². The molecule has 0 saturated carbocycles. The molecule has 0 amide bonds. The molecule has 0 aromatic carbocycles. The van der Waals surface area contributed by atoms with Gasteiger partial charge >= 0.3 is 0 Å². The first-order valence-electron chi connectivity index (χ1n) is 6.96. The first kappa shape index (κ1) is 12.8. The summed E-state index contributed by atoms with van der Waals surface area (Å²) in [6, 6.07) is 0.0406. The molecule has 18 heavy (non-hydrogen) atoms. The van der Waals surface area contributed by atoms with Crippen molar-refractivity contribution in [2.75, 3.05) is 18.8 Å². The fraction of sp³-hybridized carbons (Fsp3) is 1.00. The molecule has 4 aliphatic heterocycles. The van der Waals surface area contributed by atoms with Gasteiger partial charge in [0.2, 0.25) is 0 Å². The first-order chi connectivity index (χ1) is 8.49. The minimum Gasteiger partial charge on any atom is -0.328 e. The molecule has 0 spiro atoms. The van der Waals surface area contributed by atoms with Crippen LogP contribution in [0.15, 0.2) is 0 Å². The lowest BCUT2D eigenvalue weighted by Gasteiger charge is -2.53. The highest BCUT2D eigenvalue weighted by molar-refractivity contribution is 7.92. The van der Waals surface area contributed by atoms with Gasteiger partial charge in [0.1, 0.15) is 0 Å². The number of hydrogen-bond donors (Lipinski definition) is 2. The predicted molar refractivity (Wildman–Crippen MR) is 70.8 cm³/mol. The minimum absolute atomic E-state index is 0.00819. The zero-order chi connectivity index (χ0) is 12.9. The number of nitrogens with two attached hydrogens (primary N) is 2. The van der Waals surface area contributed by atoms with Crippen LogP contribution >= 0.6 is 0 Å². The maximum atomic E-state index is 12.3.